The highest BCUT2D eigenvalue weighted by Gasteiger charge is 2.27. The van der Waals surface area contributed by atoms with Crippen molar-refractivity contribution in [2.45, 2.75) is 52.4 Å². The summed E-state index contributed by atoms with van der Waals surface area (Å²) in [6.07, 6.45) is 6.53. The second kappa shape index (κ2) is 11.0. The lowest BCUT2D eigenvalue weighted by Crippen LogP contribution is -2.18. The highest BCUT2D eigenvalue weighted by Crippen LogP contribution is 2.27. The number of carbonyl (C=O) groups excluding carboxylic acids is 1. The van der Waals surface area contributed by atoms with Gasteiger partial charge in [-0.25, -0.2) is 4.79 Å². The summed E-state index contributed by atoms with van der Waals surface area (Å²) in [6, 6.07) is 5.27. The normalized spacial score (nSPS) is 12.5. The highest BCUT2D eigenvalue weighted by molar-refractivity contribution is 5.88. The van der Waals surface area contributed by atoms with E-state index >= 15 is 0 Å². The van der Waals surface area contributed by atoms with E-state index in [1.807, 2.05) is 6.92 Å². The maximum atomic E-state index is 12.2. The molecular weight excluding hydrogens is 340 g/mol. The van der Waals surface area contributed by atoms with Gasteiger partial charge in [-0.15, -0.1) is 0 Å². The summed E-state index contributed by atoms with van der Waals surface area (Å²) in [5.74, 6) is -1.25. The second-order valence-electron chi connectivity index (χ2n) is 5.99. The molecule has 1 unspecified atom stereocenters. The van der Waals surface area contributed by atoms with Crippen LogP contribution in [0.1, 0.15) is 52.4 Å². The highest BCUT2D eigenvalue weighted by atomic mass is 16.6. The van der Waals surface area contributed by atoms with E-state index in [0.717, 1.165) is 32.1 Å². The molecule has 0 saturated carbocycles. The van der Waals surface area contributed by atoms with Crippen molar-refractivity contribution < 1.29 is 19.4 Å². The predicted molar refractivity (Wildman–Crippen MR) is 96.3 cm³/mol. The number of para-hydroxylation sites is 2. The van der Waals surface area contributed by atoms with Crippen molar-refractivity contribution in [2.75, 3.05) is 0 Å². The van der Waals surface area contributed by atoms with Crippen molar-refractivity contribution in [3.05, 3.63) is 56.3 Å². The zero-order valence-corrected chi connectivity index (χ0v) is 15.1. The Bertz CT molecular complexity index is 671. The second-order valence-corrected chi connectivity index (χ2v) is 5.99. The lowest BCUT2D eigenvalue weighted by molar-refractivity contribution is -0.421. The standard InChI is InChI=1S/C18H24N2O6/c1-3-5-9-14(8-4-2)12-13-16(20(24)25)18(21)26-17-11-7-6-10-15(17)19(22)23/h6-7,10-11,13-14H,3-5,8-9,12H2,1-2H3/b16-13-. The molecule has 0 aliphatic heterocycles. The van der Waals surface area contributed by atoms with Gasteiger partial charge in [-0.2, -0.15) is 0 Å². The van der Waals surface area contributed by atoms with Crippen LogP contribution in [-0.4, -0.2) is 15.8 Å². The van der Waals surface area contributed by atoms with Crippen molar-refractivity contribution in [3.63, 3.8) is 0 Å². The lowest BCUT2D eigenvalue weighted by atomic mass is 9.93. The minimum absolute atomic E-state index is 0.258. The molecule has 0 N–H and O–H groups in total. The first-order valence-electron chi connectivity index (χ1n) is 8.70. The van der Waals surface area contributed by atoms with Gasteiger partial charge in [-0.05, 0) is 18.4 Å². The zero-order chi connectivity index (χ0) is 19.5. The summed E-state index contributed by atoms with van der Waals surface area (Å²) in [4.78, 5) is 32.8. The third-order valence-corrected chi connectivity index (χ3v) is 3.98. The van der Waals surface area contributed by atoms with Crippen LogP contribution in [0.5, 0.6) is 5.75 Å². The Morgan fingerprint density at radius 3 is 2.42 bits per heavy atom. The van der Waals surface area contributed by atoms with Crippen molar-refractivity contribution in [1.82, 2.24) is 0 Å². The molecule has 0 aliphatic carbocycles. The molecule has 0 amide bonds. The Morgan fingerprint density at radius 2 is 1.85 bits per heavy atom. The summed E-state index contributed by atoms with van der Waals surface area (Å²) < 4.78 is 4.91. The smallest absolute Gasteiger partial charge is 0.411 e. The number of nitrogens with zero attached hydrogens (tertiary/aromatic N) is 2. The van der Waals surface area contributed by atoms with Gasteiger partial charge in [0.2, 0.25) is 5.75 Å². The molecular formula is C18H24N2O6. The van der Waals surface area contributed by atoms with Crippen molar-refractivity contribution in [3.8, 4) is 5.75 Å². The maximum absolute atomic E-state index is 12.2. The van der Waals surface area contributed by atoms with Gasteiger partial charge in [0.05, 0.1) is 9.85 Å². The first kappa shape index (κ1) is 21.3. The maximum Gasteiger partial charge on any atom is 0.415 e. The molecule has 1 atom stereocenters. The van der Waals surface area contributed by atoms with Gasteiger partial charge in [0.1, 0.15) is 0 Å². The number of ether oxygens (including phenoxy) is 1. The summed E-state index contributed by atoms with van der Waals surface area (Å²) in [6.45, 7) is 4.12. The monoisotopic (exact) mass is 364 g/mol. The number of hydrogen-bond donors (Lipinski definition) is 0. The molecule has 8 heteroatoms. The summed E-state index contributed by atoms with van der Waals surface area (Å²) in [7, 11) is 0. The van der Waals surface area contributed by atoms with Crippen LogP contribution in [0.4, 0.5) is 5.69 Å². The van der Waals surface area contributed by atoms with Crippen LogP contribution in [0.15, 0.2) is 36.0 Å². The van der Waals surface area contributed by atoms with Crippen LogP contribution in [0.2, 0.25) is 0 Å². The molecule has 142 valence electrons. The van der Waals surface area contributed by atoms with E-state index in [2.05, 4.69) is 6.92 Å². The number of allylic oxidation sites excluding steroid dienone is 1. The van der Waals surface area contributed by atoms with Gasteiger partial charge in [0, 0.05) is 12.1 Å². The number of carbonyl (C=O) groups is 1. The average Bonchev–Trinajstić information content (AvgIpc) is 2.59. The largest absolute Gasteiger partial charge is 0.415 e. The Hall–Kier alpha value is -2.77. The zero-order valence-electron chi connectivity index (χ0n) is 15.1. The van der Waals surface area contributed by atoms with Gasteiger partial charge in [0.25, 0.3) is 0 Å². The quantitative estimate of drug-likeness (QED) is 0.185. The topological polar surface area (TPSA) is 113 Å². The molecule has 1 rings (SSSR count). The number of benzene rings is 1. The van der Waals surface area contributed by atoms with Crippen molar-refractivity contribution in [2.24, 2.45) is 5.92 Å². The molecule has 0 fully saturated rings. The van der Waals surface area contributed by atoms with Gasteiger partial charge < -0.3 is 4.74 Å². The fourth-order valence-electron chi connectivity index (χ4n) is 2.64. The van der Waals surface area contributed by atoms with Crippen LogP contribution in [0.25, 0.3) is 0 Å². The molecule has 0 bridgehead atoms. The van der Waals surface area contributed by atoms with Gasteiger partial charge in [-0.1, -0.05) is 58.1 Å². The number of nitro benzene ring substituents is 1. The third-order valence-electron chi connectivity index (χ3n) is 3.98. The molecule has 8 nitrogen and oxygen atoms in total. The minimum atomic E-state index is -1.20. The molecule has 1 aromatic carbocycles. The van der Waals surface area contributed by atoms with Crippen LogP contribution < -0.4 is 4.74 Å². The summed E-state index contributed by atoms with van der Waals surface area (Å²) in [5, 5.41) is 22.2. The SMILES string of the molecule is CCCCC(C/C=C(/C(=O)Oc1ccccc1[N+](=O)[O-])[N+](=O)[O-])CCC. The fraction of sp³-hybridized carbons (Fsp3) is 0.500. The number of rotatable bonds is 11. The number of nitro groups is 2. The Balaban J connectivity index is 2.93. The van der Waals surface area contributed by atoms with E-state index in [9.17, 15) is 25.0 Å². The number of esters is 1. The Labute approximate surface area is 152 Å². The summed E-state index contributed by atoms with van der Waals surface area (Å²) >= 11 is 0. The van der Waals surface area contributed by atoms with Crippen LogP contribution >= 0.6 is 0 Å². The van der Waals surface area contributed by atoms with E-state index in [1.54, 1.807) is 0 Å². The third kappa shape index (κ3) is 6.62. The minimum Gasteiger partial charge on any atom is -0.411 e. The molecule has 0 aliphatic rings. The lowest BCUT2D eigenvalue weighted by Gasteiger charge is -2.13. The average molecular weight is 364 g/mol. The molecule has 0 spiro atoms. The summed E-state index contributed by atoms with van der Waals surface area (Å²) in [5.41, 5.74) is -1.11. The van der Waals surface area contributed by atoms with Gasteiger partial charge >= 0.3 is 17.4 Å². The Kier molecular flexibility index (Phi) is 8.97. The molecule has 0 radical (unpaired) electrons. The van der Waals surface area contributed by atoms with E-state index in [-0.39, 0.29) is 11.7 Å². The van der Waals surface area contributed by atoms with E-state index < -0.39 is 27.2 Å². The van der Waals surface area contributed by atoms with Crippen LogP contribution in [0, 0.1) is 26.1 Å². The number of hydrogen-bond acceptors (Lipinski definition) is 6. The van der Waals surface area contributed by atoms with Crippen molar-refractivity contribution in [1.29, 1.82) is 0 Å². The number of unbranched alkanes of at least 4 members (excludes halogenated alkanes) is 1. The van der Waals surface area contributed by atoms with E-state index in [4.69, 9.17) is 4.74 Å². The molecule has 0 saturated heterocycles. The predicted octanol–water partition coefficient (Wildman–Crippen LogP) is 4.66. The van der Waals surface area contributed by atoms with Crippen LogP contribution in [-0.2, 0) is 4.79 Å². The van der Waals surface area contributed by atoms with Gasteiger partial charge in [0.15, 0.2) is 0 Å². The van der Waals surface area contributed by atoms with Crippen LogP contribution in [0.3, 0.4) is 0 Å². The van der Waals surface area contributed by atoms with Crippen molar-refractivity contribution >= 4 is 11.7 Å². The van der Waals surface area contributed by atoms with E-state index in [0.29, 0.717) is 6.42 Å². The molecule has 0 heterocycles. The Morgan fingerprint density at radius 1 is 1.15 bits per heavy atom. The molecule has 1 aromatic rings. The molecule has 26 heavy (non-hydrogen) atoms. The van der Waals surface area contributed by atoms with Gasteiger partial charge in [-0.3, -0.25) is 20.2 Å². The first-order valence-corrected chi connectivity index (χ1v) is 8.70. The van der Waals surface area contributed by atoms with E-state index in [1.165, 1.54) is 30.3 Å². The first-order chi connectivity index (χ1) is 12.4. The molecule has 0 aromatic heterocycles. The fourth-order valence-corrected chi connectivity index (χ4v) is 2.64.